The Hall–Kier alpha value is -0.0400. The normalized spacial score (nSPS) is 36.9. The fourth-order valence-electron chi connectivity index (χ4n) is 2.58. The Morgan fingerprint density at radius 2 is 0.923 bits per heavy atom. The van der Waals surface area contributed by atoms with E-state index < -0.39 is 0 Å². The number of fused-ring (bicyclic) bond motifs is 1. The lowest BCUT2D eigenvalue weighted by atomic mass is 10.0. The maximum absolute atomic E-state index is 3.61. The Morgan fingerprint density at radius 3 is 1.38 bits per heavy atom. The summed E-state index contributed by atoms with van der Waals surface area (Å²) in [4.78, 5) is 0. The van der Waals surface area contributed by atoms with Crippen molar-refractivity contribution in [3.63, 3.8) is 0 Å². The molecule has 0 radical (unpaired) electrons. The molecule has 1 saturated heterocycles. The first kappa shape index (κ1) is 9.51. The maximum Gasteiger partial charge on any atom is 0.0224 e. The zero-order valence-corrected chi connectivity index (χ0v) is 8.73. The summed E-state index contributed by atoms with van der Waals surface area (Å²) >= 11 is 0. The van der Waals surface area contributed by atoms with Crippen molar-refractivity contribution in [2.24, 2.45) is 0 Å². The molecule has 0 aromatic rings. The van der Waals surface area contributed by atoms with Crippen LogP contribution < -0.4 is 5.32 Å². The van der Waals surface area contributed by atoms with Crippen molar-refractivity contribution >= 4 is 0 Å². The lowest BCUT2D eigenvalue weighted by Crippen LogP contribution is -1.95. The van der Waals surface area contributed by atoms with Gasteiger partial charge in [-0.05, 0) is 12.8 Å². The lowest BCUT2D eigenvalue weighted by molar-refractivity contribution is 0.532. The second kappa shape index (κ2) is 4.99. The van der Waals surface area contributed by atoms with Gasteiger partial charge in [0.1, 0.15) is 0 Å². The van der Waals surface area contributed by atoms with Crippen LogP contribution in [0.15, 0.2) is 0 Å². The molecule has 1 N–H and O–H groups in total. The van der Waals surface area contributed by atoms with Crippen molar-refractivity contribution in [3.8, 4) is 0 Å². The van der Waals surface area contributed by atoms with Crippen molar-refractivity contribution in [2.75, 3.05) is 0 Å². The van der Waals surface area contributed by atoms with Crippen LogP contribution in [0, 0.1) is 0 Å². The summed E-state index contributed by atoms with van der Waals surface area (Å²) in [6.45, 7) is 0. The quantitative estimate of drug-likeness (QED) is 0.569. The number of hydrogen-bond donors (Lipinski definition) is 1. The van der Waals surface area contributed by atoms with E-state index in [1.165, 1.54) is 64.2 Å². The molecule has 0 amide bonds. The van der Waals surface area contributed by atoms with Gasteiger partial charge < -0.3 is 5.32 Å². The molecular weight excluding hydrogens is 158 g/mol. The number of hydrogen-bond acceptors (Lipinski definition) is 1. The molecule has 0 spiro atoms. The van der Waals surface area contributed by atoms with E-state index in [-0.39, 0.29) is 0 Å². The Bertz CT molecular complexity index is 128. The van der Waals surface area contributed by atoms with Crippen molar-refractivity contribution in [1.82, 2.24) is 5.32 Å². The summed E-state index contributed by atoms with van der Waals surface area (Å²) in [5, 5.41) is 3.61. The standard InChI is InChI=1S/C12H23N/c1-2-4-6-8-10-12-11(13-12)9-7-5-3-1/h11-13H,1-10H2. The van der Waals surface area contributed by atoms with Crippen LogP contribution in [-0.2, 0) is 0 Å². The van der Waals surface area contributed by atoms with Gasteiger partial charge in [0, 0.05) is 12.1 Å². The largest absolute Gasteiger partial charge is 0.308 e. The molecule has 0 bridgehead atoms. The SMILES string of the molecule is C1CCCCCC2NC2CCCC1. The van der Waals surface area contributed by atoms with Crippen LogP contribution in [0.1, 0.15) is 64.2 Å². The zero-order chi connectivity index (χ0) is 8.93. The molecule has 0 aromatic heterocycles. The minimum absolute atomic E-state index is 0.916. The summed E-state index contributed by atoms with van der Waals surface area (Å²) in [6, 6.07) is 1.83. The summed E-state index contributed by atoms with van der Waals surface area (Å²) in [5.74, 6) is 0. The van der Waals surface area contributed by atoms with Crippen LogP contribution >= 0.6 is 0 Å². The zero-order valence-electron chi connectivity index (χ0n) is 8.73. The van der Waals surface area contributed by atoms with E-state index in [1.807, 2.05) is 0 Å². The third kappa shape index (κ3) is 3.30. The highest BCUT2D eigenvalue weighted by Crippen LogP contribution is 2.24. The van der Waals surface area contributed by atoms with Gasteiger partial charge in [-0.25, -0.2) is 0 Å². The molecule has 1 aliphatic heterocycles. The highest BCUT2D eigenvalue weighted by atomic mass is 15.1. The molecule has 1 aliphatic carbocycles. The van der Waals surface area contributed by atoms with Gasteiger partial charge in [-0.1, -0.05) is 51.4 Å². The van der Waals surface area contributed by atoms with Crippen LogP contribution in [0.25, 0.3) is 0 Å². The third-order valence-corrected chi connectivity index (χ3v) is 3.58. The van der Waals surface area contributed by atoms with Crippen LogP contribution in [0.2, 0.25) is 0 Å². The Labute approximate surface area is 82.3 Å². The molecule has 2 atom stereocenters. The predicted octanol–water partition coefficient (Wildman–Crippen LogP) is 3.24. The minimum Gasteiger partial charge on any atom is -0.308 e. The van der Waals surface area contributed by atoms with Gasteiger partial charge >= 0.3 is 0 Å². The average Bonchev–Trinajstić information content (AvgIpc) is 2.83. The van der Waals surface area contributed by atoms with E-state index in [9.17, 15) is 0 Å². The molecule has 1 heterocycles. The van der Waals surface area contributed by atoms with Crippen molar-refractivity contribution in [2.45, 2.75) is 76.3 Å². The first-order valence-corrected chi connectivity index (χ1v) is 6.23. The number of rotatable bonds is 0. The fourth-order valence-corrected chi connectivity index (χ4v) is 2.58. The molecule has 2 unspecified atom stereocenters. The summed E-state index contributed by atoms with van der Waals surface area (Å²) in [5.41, 5.74) is 0. The summed E-state index contributed by atoms with van der Waals surface area (Å²) in [7, 11) is 0. The first-order valence-electron chi connectivity index (χ1n) is 6.23. The molecule has 2 fully saturated rings. The summed E-state index contributed by atoms with van der Waals surface area (Å²) < 4.78 is 0. The second-order valence-electron chi connectivity index (χ2n) is 4.79. The highest BCUT2D eigenvalue weighted by Gasteiger charge is 2.33. The van der Waals surface area contributed by atoms with E-state index in [4.69, 9.17) is 0 Å². The maximum atomic E-state index is 3.61. The molecule has 2 aliphatic rings. The van der Waals surface area contributed by atoms with Gasteiger partial charge in [0.25, 0.3) is 0 Å². The third-order valence-electron chi connectivity index (χ3n) is 3.58. The highest BCUT2D eigenvalue weighted by molar-refractivity contribution is 4.97. The van der Waals surface area contributed by atoms with Crippen molar-refractivity contribution in [3.05, 3.63) is 0 Å². The second-order valence-corrected chi connectivity index (χ2v) is 4.79. The molecule has 1 nitrogen and oxygen atoms in total. The van der Waals surface area contributed by atoms with Crippen molar-refractivity contribution in [1.29, 1.82) is 0 Å². The van der Waals surface area contributed by atoms with Gasteiger partial charge in [0.2, 0.25) is 0 Å². The molecule has 1 saturated carbocycles. The number of nitrogens with one attached hydrogen (secondary N) is 1. The van der Waals surface area contributed by atoms with Gasteiger partial charge in [0.15, 0.2) is 0 Å². The van der Waals surface area contributed by atoms with Gasteiger partial charge in [0.05, 0.1) is 0 Å². The van der Waals surface area contributed by atoms with Gasteiger partial charge in [-0.2, -0.15) is 0 Å². The smallest absolute Gasteiger partial charge is 0.0224 e. The van der Waals surface area contributed by atoms with Crippen LogP contribution in [0.5, 0.6) is 0 Å². The predicted molar refractivity (Wildman–Crippen MR) is 56.9 cm³/mol. The van der Waals surface area contributed by atoms with Crippen LogP contribution in [0.4, 0.5) is 0 Å². The lowest BCUT2D eigenvalue weighted by Gasteiger charge is -2.04. The summed E-state index contributed by atoms with van der Waals surface area (Å²) in [6.07, 6.45) is 14.7. The van der Waals surface area contributed by atoms with Crippen LogP contribution in [0.3, 0.4) is 0 Å². The van der Waals surface area contributed by atoms with Crippen molar-refractivity contribution < 1.29 is 0 Å². The van der Waals surface area contributed by atoms with E-state index in [1.54, 1.807) is 0 Å². The molecule has 1 heteroatoms. The molecule has 0 aromatic carbocycles. The minimum atomic E-state index is 0.916. The Balaban J connectivity index is 1.66. The topological polar surface area (TPSA) is 21.9 Å². The van der Waals surface area contributed by atoms with Crippen LogP contribution in [-0.4, -0.2) is 12.1 Å². The fraction of sp³-hybridized carbons (Fsp3) is 1.00. The van der Waals surface area contributed by atoms with E-state index in [0.717, 1.165) is 12.1 Å². The molecule has 2 rings (SSSR count). The monoisotopic (exact) mass is 181 g/mol. The average molecular weight is 181 g/mol. The molecule has 13 heavy (non-hydrogen) atoms. The molecule has 76 valence electrons. The van der Waals surface area contributed by atoms with E-state index in [0.29, 0.717) is 0 Å². The Morgan fingerprint density at radius 1 is 0.538 bits per heavy atom. The van der Waals surface area contributed by atoms with E-state index >= 15 is 0 Å². The van der Waals surface area contributed by atoms with E-state index in [2.05, 4.69) is 5.32 Å². The first-order chi connectivity index (χ1) is 6.47. The van der Waals surface area contributed by atoms with Gasteiger partial charge in [-0.15, -0.1) is 0 Å². The molecular formula is C12H23N. The van der Waals surface area contributed by atoms with Gasteiger partial charge in [-0.3, -0.25) is 0 Å². The Kier molecular flexibility index (Phi) is 3.65.